The summed E-state index contributed by atoms with van der Waals surface area (Å²) in [4.78, 5) is 14.2. The Hall–Kier alpha value is -2.09. The molecule has 0 aromatic heterocycles. The maximum absolute atomic E-state index is 13.0. The summed E-state index contributed by atoms with van der Waals surface area (Å²) < 4.78 is 27.5. The standard InChI is InChI=1S/C19H22ClN3O3S/c1-14-6-7-17(13-18(14)19(24)21-2)27(25,26)23-10-8-22(9-11-23)16-5-3-4-15(20)12-16/h3-7,12-13H,8-11H2,1-2H3,(H,21,24). The smallest absolute Gasteiger partial charge is 0.251 e. The van der Waals surface area contributed by atoms with Gasteiger partial charge in [-0.1, -0.05) is 23.7 Å². The van der Waals surface area contributed by atoms with Crippen LogP contribution in [0.2, 0.25) is 5.02 Å². The van der Waals surface area contributed by atoms with Crippen LogP contribution in [0.4, 0.5) is 5.69 Å². The van der Waals surface area contributed by atoms with Gasteiger partial charge in [0.15, 0.2) is 0 Å². The van der Waals surface area contributed by atoms with Crippen molar-refractivity contribution < 1.29 is 13.2 Å². The van der Waals surface area contributed by atoms with E-state index >= 15 is 0 Å². The Morgan fingerprint density at radius 1 is 1.07 bits per heavy atom. The summed E-state index contributed by atoms with van der Waals surface area (Å²) in [6.07, 6.45) is 0. The largest absolute Gasteiger partial charge is 0.369 e. The number of sulfonamides is 1. The highest BCUT2D eigenvalue weighted by atomic mass is 35.5. The van der Waals surface area contributed by atoms with Crippen molar-refractivity contribution in [2.75, 3.05) is 38.1 Å². The van der Waals surface area contributed by atoms with Crippen molar-refractivity contribution in [2.24, 2.45) is 0 Å². The first-order valence-electron chi connectivity index (χ1n) is 8.66. The monoisotopic (exact) mass is 407 g/mol. The fourth-order valence-electron chi connectivity index (χ4n) is 3.15. The van der Waals surface area contributed by atoms with Gasteiger partial charge in [-0.2, -0.15) is 4.31 Å². The highest BCUT2D eigenvalue weighted by Gasteiger charge is 2.29. The number of halogens is 1. The number of nitrogens with zero attached hydrogens (tertiary/aromatic N) is 2. The van der Waals surface area contributed by atoms with Crippen LogP contribution in [0.25, 0.3) is 0 Å². The third-order valence-electron chi connectivity index (χ3n) is 4.73. The Balaban J connectivity index is 1.78. The zero-order chi connectivity index (χ0) is 19.6. The molecule has 1 saturated heterocycles. The van der Waals surface area contributed by atoms with Crippen molar-refractivity contribution in [1.82, 2.24) is 9.62 Å². The fraction of sp³-hybridized carbons (Fsp3) is 0.316. The molecule has 1 aliphatic heterocycles. The lowest BCUT2D eigenvalue weighted by molar-refractivity contribution is 0.0962. The number of carbonyl (C=O) groups excluding carboxylic acids is 1. The highest BCUT2D eigenvalue weighted by Crippen LogP contribution is 2.24. The number of benzene rings is 2. The van der Waals surface area contributed by atoms with E-state index in [1.54, 1.807) is 19.1 Å². The number of amides is 1. The number of nitrogens with one attached hydrogen (secondary N) is 1. The molecular formula is C19H22ClN3O3S. The van der Waals surface area contributed by atoms with Crippen LogP contribution >= 0.6 is 11.6 Å². The number of anilines is 1. The van der Waals surface area contributed by atoms with Crippen LogP contribution < -0.4 is 10.2 Å². The molecule has 2 aromatic rings. The van der Waals surface area contributed by atoms with E-state index in [4.69, 9.17) is 11.6 Å². The van der Waals surface area contributed by atoms with Gasteiger partial charge in [-0.15, -0.1) is 0 Å². The van der Waals surface area contributed by atoms with Gasteiger partial charge in [0.05, 0.1) is 4.90 Å². The van der Waals surface area contributed by atoms with Crippen LogP contribution in [0.5, 0.6) is 0 Å². The normalized spacial score (nSPS) is 15.6. The maximum atomic E-state index is 13.0. The number of rotatable bonds is 4. The van der Waals surface area contributed by atoms with Crippen molar-refractivity contribution in [3.63, 3.8) is 0 Å². The predicted octanol–water partition coefficient (Wildman–Crippen LogP) is 2.52. The first-order chi connectivity index (χ1) is 12.8. The van der Waals surface area contributed by atoms with Gasteiger partial charge in [-0.25, -0.2) is 8.42 Å². The minimum Gasteiger partial charge on any atom is -0.369 e. The molecule has 2 aromatic carbocycles. The zero-order valence-corrected chi connectivity index (χ0v) is 16.8. The van der Waals surface area contributed by atoms with Gasteiger partial charge in [0, 0.05) is 49.5 Å². The first-order valence-corrected chi connectivity index (χ1v) is 10.5. The SMILES string of the molecule is CNC(=O)c1cc(S(=O)(=O)N2CCN(c3cccc(Cl)c3)CC2)ccc1C. The summed E-state index contributed by atoms with van der Waals surface area (Å²) in [6, 6.07) is 12.2. The van der Waals surface area contributed by atoms with Gasteiger partial charge in [0.1, 0.15) is 0 Å². The molecule has 0 spiro atoms. The van der Waals surface area contributed by atoms with Crippen molar-refractivity contribution in [3.05, 3.63) is 58.6 Å². The average molecular weight is 408 g/mol. The molecule has 0 radical (unpaired) electrons. The van der Waals surface area contributed by atoms with Gasteiger partial charge in [-0.3, -0.25) is 4.79 Å². The summed E-state index contributed by atoms with van der Waals surface area (Å²) in [5, 5.41) is 3.20. The summed E-state index contributed by atoms with van der Waals surface area (Å²) >= 11 is 6.04. The minimum atomic E-state index is -3.66. The Bertz CT molecular complexity index is 954. The Kier molecular flexibility index (Phi) is 5.74. The van der Waals surface area contributed by atoms with E-state index in [9.17, 15) is 13.2 Å². The lowest BCUT2D eigenvalue weighted by Crippen LogP contribution is -2.48. The molecule has 1 amide bonds. The second-order valence-electron chi connectivity index (χ2n) is 6.43. The summed E-state index contributed by atoms with van der Waals surface area (Å²) in [5.74, 6) is -0.296. The number of hydrogen-bond donors (Lipinski definition) is 1. The van der Waals surface area contributed by atoms with Crippen molar-refractivity contribution in [3.8, 4) is 0 Å². The third-order valence-corrected chi connectivity index (χ3v) is 6.86. The molecule has 3 rings (SSSR count). The molecule has 1 fully saturated rings. The van der Waals surface area contributed by atoms with Crippen LogP contribution in [-0.4, -0.2) is 51.9 Å². The third kappa shape index (κ3) is 4.10. The van der Waals surface area contributed by atoms with Crippen LogP contribution in [-0.2, 0) is 10.0 Å². The zero-order valence-electron chi connectivity index (χ0n) is 15.3. The predicted molar refractivity (Wildman–Crippen MR) is 107 cm³/mol. The van der Waals surface area contributed by atoms with Crippen molar-refractivity contribution >= 4 is 33.2 Å². The van der Waals surface area contributed by atoms with Crippen molar-refractivity contribution in [1.29, 1.82) is 0 Å². The average Bonchev–Trinajstić information content (AvgIpc) is 2.67. The molecule has 27 heavy (non-hydrogen) atoms. The second kappa shape index (κ2) is 7.88. The van der Waals surface area contributed by atoms with Crippen LogP contribution in [0.1, 0.15) is 15.9 Å². The molecule has 8 heteroatoms. The lowest BCUT2D eigenvalue weighted by Gasteiger charge is -2.35. The van der Waals surface area contributed by atoms with E-state index in [0.717, 1.165) is 11.3 Å². The van der Waals surface area contributed by atoms with E-state index in [2.05, 4.69) is 10.2 Å². The van der Waals surface area contributed by atoms with Gasteiger partial charge >= 0.3 is 0 Å². The summed E-state index contributed by atoms with van der Waals surface area (Å²) in [7, 11) is -2.13. The quantitative estimate of drug-likeness (QED) is 0.845. The van der Waals surface area contributed by atoms with Crippen molar-refractivity contribution in [2.45, 2.75) is 11.8 Å². The molecule has 1 N–H and O–H groups in total. The first kappa shape index (κ1) is 19.7. The van der Waals surface area contributed by atoms with E-state index in [1.165, 1.54) is 17.4 Å². The fourth-order valence-corrected chi connectivity index (χ4v) is 4.78. The van der Waals surface area contributed by atoms with E-state index in [0.29, 0.717) is 36.8 Å². The minimum absolute atomic E-state index is 0.142. The van der Waals surface area contributed by atoms with Crippen LogP contribution in [0, 0.1) is 6.92 Å². The Labute approximate surface area is 164 Å². The topological polar surface area (TPSA) is 69.7 Å². The molecular weight excluding hydrogens is 386 g/mol. The molecule has 0 bridgehead atoms. The van der Waals surface area contributed by atoms with E-state index in [1.807, 2.05) is 24.3 Å². The van der Waals surface area contributed by atoms with E-state index < -0.39 is 10.0 Å². The number of carbonyl (C=O) groups is 1. The lowest BCUT2D eigenvalue weighted by atomic mass is 10.1. The molecule has 6 nitrogen and oxygen atoms in total. The molecule has 0 atom stereocenters. The molecule has 0 saturated carbocycles. The van der Waals surface area contributed by atoms with E-state index in [-0.39, 0.29) is 10.8 Å². The highest BCUT2D eigenvalue weighted by molar-refractivity contribution is 7.89. The van der Waals surface area contributed by atoms with Crippen LogP contribution in [0.3, 0.4) is 0 Å². The number of hydrogen-bond acceptors (Lipinski definition) is 4. The van der Waals surface area contributed by atoms with Gasteiger partial charge in [0.25, 0.3) is 5.91 Å². The molecule has 0 unspecified atom stereocenters. The van der Waals surface area contributed by atoms with Crippen LogP contribution in [0.15, 0.2) is 47.4 Å². The molecule has 144 valence electrons. The molecule has 1 heterocycles. The molecule has 1 aliphatic rings. The summed E-state index contributed by atoms with van der Waals surface area (Å²) in [6.45, 7) is 3.68. The van der Waals surface area contributed by atoms with Gasteiger partial charge in [-0.05, 0) is 42.8 Å². The van der Waals surface area contributed by atoms with Gasteiger partial charge in [0.2, 0.25) is 10.0 Å². The van der Waals surface area contributed by atoms with Gasteiger partial charge < -0.3 is 10.2 Å². The second-order valence-corrected chi connectivity index (χ2v) is 8.80. The number of aryl methyl sites for hydroxylation is 1. The Morgan fingerprint density at radius 3 is 2.41 bits per heavy atom. The maximum Gasteiger partial charge on any atom is 0.251 e. The number of piperazine rings is 1. The molecule has 0 aliphatic carbocycles. The Morgan fingerprint density at radius 2 is 1.78 bits per heavy atom. The summed E-state index contributed by atoms with van der Waals surface area (Å²) in [5.41, 5.74) is 2.09.